The highest BCUT2D eigenvalue weighted by atomic mass is 16.2. The van der Waals surface area contributed by atoms with Crippen LogP contribution in [0.3, 0.4) is 0 Å². The van der Waals surface area contributed by atoms with Gasteiger partial charge in [-0.15, -0.1) is 0 Å². The summed E-state index contributed by atoms with van der Waals surface area (Å²) in [6, 6.07) is 17.3. The minimum atomic E-state index is -0.133. The van der Waals surface area contributed by atoms with Gasteiger partial charge >= 0.3 is 0 Å². The molecule has 0 aromatic heterocycles. The van der Waals surface area contributed by atoms with Gasteiger partial charge in [-0.3, -0.25) is 9.59 Å². The first-order chi connectivity index (χ1) is 10.6. The molecule has 0 radical (unpaired) electrons. The molecule has 2 aromatic carbocycles. The summed E-state index contributed by atoms with van der Waals surface area (Å²) in [5.74, 6) is -0.151. The minimum Gasteiger partial charge on any atom is -0.326 e. The maximum Gasteiger partial charge on any atom is 0.224 e. The van der Waals surface area contributed by atoms with Crippen molar-refractivity contribution in [1.29, 1.82) is 0 Å². The molecule has 0 heterocycles. The maximum absolute atomic E-state index is 11.9. The molecule has 2 aromatic rings. The molecule has 0 bridgehead atoms. The number of nitrogens with one attached hydrogen (secondary N) is 2. The van der Waals surface area contributed by atoms with E-state index in [9.17, 15) is 9.59 Å². The van der Waals surface area contributed by atoms with Crippen molar-refractivity contribution < 1.29 is 9.59 Å². The summed E-state index contributed by atoms with van der Waals surface area (Å²) in [5.41, 5.74) is 2.61. The van der Waals surface area contributed by atoms with Crippen molar-refractivity contribution in [2.75, 3.05) is 10.6 Å². The lowest BCUT2D eigenvalue weighted by Gasteiger charge is -2.08. The van der Waals surface area contributed by atoms with E-state index in [0.29, 0.717) is 17.8 Å². The van der Waals surface area contributed by atoms with Crippen molar-refractivity contribution in [3.63, 3.8) is 0 Å². The quantitative estimate of drug-likeness (QED) is 0.855. The Labute approximate surface area is 130 Å². The third kappa shape index (κ3) is 5.40. The van der Waals surface area contributed by atoms with Crippen LogP contribution in [0.25, 0.3) is 0 Å². The molecule has 0 fully saturated rings. The van der Waals surface area contributed by atoms with Crippen molar-refractivity contribution in [3.8, 4) is 0 Å². The molecule has 2 amide bonds. The second-order valence-corrected chi connectivity index (χ2v) is 5.15. The Morgan fingerprint density at radius 3 is 2.27 bits per heavy atom. The number of aryl methyl sites for hydroxylation is 1. The van der Waals surface area contributed by atoms with Crippen molar-refractivity contribution >= 4 is 23.2 Å². The van der Waals surface area contributed by atoms with E-state index in [1.165, 1.54) is 12.5 Å². The highest BCUT2D eigenvalue weighted by molar-refractivity contribution is 5.93. The van der Waals surface area contributed by atoms with Crippen molar-refractivity contribution in [2.24, 2.45) is 0 Å². The van der Waals surface area contributed by atoms with Crippen LogP contribution in [0, 0.1) is 0 Å². The Morgan fingerprint density at radius 1 is 0.909 bits per heavy atom. The molecule has 0 aliphatic carbocycles. The standard InChI is InChI=1S/C18H20N2O2/c1-14(21)19-16-10-6-11-17(13-16)20-18(22)12-5-9-15-7-3-2-4-8-15/h2-4,6-8,10-11,13H,5,9,12H2,1H3,(H,19,21)(H,20,22). The lowest BCUT2D eigenvalue weighted by Crippen LogP contribution is -2.12. The van der Waals surface area contributed by atoms with Crippen molar-refractivity contribution in [2.45, 2.75) is 26.2 Å². The van der Waals surface area contributed by atoms with Gasteiger partial charge in [0.15, 0.2) is 0 Å². The van der Waals surface area contributed by atoms with Crippen molar-refractivity contribution in [1.82, 2.24) is 0 Å². The van der Waals surface area contributed by atoms with Gasteiger partial charge in [0.05, 0.1) is 0 Å². The van der Waals surface area contributed by atoms with E-state index < -0.39 is 0 Å². The van der Waals surface area contributed by atoms with Gasteiger partial charge in [0, 0.05) is 24.7 Å². The Kier molecular flexibility index (Phi) is 5.72. The third-order valence-electron chi connectivity index (χ3n) is 3.18. The highest BCUT2D eigenvalue weighted by Crippen LogP contribution is 2.15. The first-order valence-corrected chi connectivity index (χ1v) is 7.35. The summed E-state index contributed by atoms with van der Waals surface area (Å²) in [6.45, 7) is 1.45. The molecule has 0 unspecified atom stereocenters. The van der Waals surface area contributed by atoms with Gasteiger partial charge in [-0.05, 0) is 36.6 Å². The molecule has 0 saturated carbocycles. The van der Waals surface area contributed by atoms with Gasteiger partial charge in [-0.2, -0.15) is 0 Å². The van der Waals surface area contributed by atoms with Crippen LogP contribution in [0.5, 0.6) is 0 Å². The van der Waals surface area contributed by atoms with E-state index in [4.69, 9.17) is 0 Å². The molecule has 114 valence electrons. The molecular formula is C18H20N2O2. The first kappa shape index (κ1) is 15.8. The third-order valence-corrected chi connectivity index (χ3v) is 3.18. The molecule has 0 spiro atoms. The van der Waals surface area contributed by atoms with Gasteiger partial charge in [0.2, 0.25) is 11.8 Å². The molecule has 0 aliphatic heterocycles. The summed E-state index contributed by atoms with van der Waals surface area (Å²) < 4.78 is 0. The molecule has 0 aliphatic rings. The smallest absolute Gasteiger partial charge is 0.224 e. The van der Waals surface area contributed by atoms with E-state index >= 15 is 0 Å². The van der Waals surface area contributed by atoms with E-state index in [1.54, 1.807) is 24.3 Å². The predicted molar refractivity (Wildman–Crippen MR) is 88.8 cm³/mol. The van der Waals surface area contributed by atoms with E-state index in [2.05, 4.69) is 22.8 Å². The molecule has 22 heavy (non-hydrogen) atoms. The fraction of sp³-hybridized carbons (Fsp3) is 0.222. The molecule has 2 N–H and O–H groups in total. The Morgan fingerprint density at radius 2 is 1.59 bits per heavy atom. The molecular weight excluding hydrogens is 276 g/mol. The van der Waals surface area contributed by atoms with Crippen LogP contribution in [0.1, 0.15) is 25.3 Å². The zero-order valence-electron chi connectivity index (χ0n) is 12.6. The van der Waals surface area contributed by atoms with Gasteiger partial charge in [-0.1, -0.05) is 36.4 Å². The van der Waals surface area contributed by atoms with Gasteiger partial charge in [0.25, 0.3) is 0 Å². The lowest BCUT2D eigenvalue weighted by molar-refractivity contribution is -0.116. The van der Waals surface area contributed by atoms with Crippen molar-refractivity contribution in [3.05, 3.63) is 60.2 Å². The maximum atomic E-state index is 11.9. The van der Waals surface area contributed by atoms with E-state index in [1.807, 2.05) is 18.2 Å². The van der Waals surface area contributed by atoms with Crippen LogP contribution >= 0.6 is 0 Å². The molecule has 4 heteroatoms. The lowest BCUT2D eigenvalue weighted by atomic mass is 10.1. The summed E-state index contributed by atoms with van der Waals surface area (Å²) in [4.78, 5) is 23.0. The number of hydrogen-bond donors (Lipinski definition) is 2. The SMILES string of the molecule is CC(=O)Nc1cccc(NC(=O)CCCc2ccccc2)c1. The number of benzene rings is 2. The van der Waals surface area contributed by atoms with Crippen LogP contribution < -0.4 is 10.6 Å². The number of anilines is 2. The average Bonchev–Trinajstić information content (AvgIpc) is 2.48. The normalized spacial score (nSPS) is 10.0. The molecule has 2 rings (SSSR count). The van der Waals surface area contributed by atoms with Crippen LogP contribution in [-0.2, 0) is 16.0 Å². The summed E-state index contributed by atoms with van der Waals surface area (Å²) in [7, 11) is 0. The fourth-order valence-electron chi connectivity index (χ4n) is 2.20. The fourth-order valence-corrected chi connectivity index (χ4v) is 2.20. The average molecular weight is 296 g/mol. The number of rotatable bonds is 6. The minimum absolute atomic E-state index is 0.0177. The largest absolute Gasteiger partial charge is 0.326 e. The first-order valence-electron chi connectivity index (χ1n) is 7.35. The summed E-state index contributed by atoms with van der Waals surface area (Å²) in [6.07, 6.45) is 2.17. The second-order valence-electron chi connectivity index (χ2n) is 5.15. The van der Waals surface area contributed by atoms with E-state index in [-0.39, 0.29) is 11.8 Å². The van der Waals surface area contributed by atoms with Crippen LogP contribution in [-0.4, -0.2) is 11.8 Å². The number of hydrogen-bond acceptors (Lipinski definition) is 2. The zero-order valence-corrected chi connectivity index (χ0v) is 12.6. The highest BCUT2D eigenvalue weighted by Gasteiger charge is 2.04. The van der Waals surface area contributed by atoms with E-state index in [0.717, 1.165) is 12.8 Å². The van der Waals surface area contributed by atoms with Crippen LogP contribution in [0.4, 0.5) is 11.4 Å². The summed E-state index contributed by atoms with van der Waals surface area (Å²) in [5, 5.41) is 5.54. The Hall–Kier alpha value is -2.62. The second kappa shape index (κ2) is 7.98. The summed E-state index contributed by atoms with van der Waals surface area (Å²) >= 11 is 0. The zero-order chi connectivity index (χ0) is 15.8. The molecule has 0 atom stereocenters. The van der Waals surface area contributed by atoms with Crippen LogP contribution in [0.15, 0.2) is 54.6 Å². The molecule has 4 nitrogen and oxygen atoms in total. The monoisotopic (exact) mass is 296 g/mol. The topological polar surface area (TPSA) is 58.2 Å². The number of amides is 2. The predicted octanol–water partition coefficient (Wildman–Crippen LogP) is 3.61. The molecule has 0 saturated heterocycles. The van der Waals surface area contributed by atoms with Gasteiger partial charge in [-0.25, -0.2) is 0 Å². The van der Waals surface area contributed by atoms with Gasteiger partial charge in [0.1, 0.15) is 0 Å². The van der Waals surface area contributed by atoms with Crippen LogP contribution in [0.2, 0.25) is 0 Å². The Balaban J connectivity index is 1.80. The number of carbonyl (C=O) groups is 2. The number of carbonyl (C=O) groups excluding carboxylic acids is 2. The van der Waals surface area contributed by atoms with Gasteiger partial charge < -0.3 is 10.6 Å². The Bertz CT molecular complexity index is 639.